The van der Waals surface area contributed by atoms with Crippen LogP contribution in [-0.4, -0.2) is 33.8 Å². The average Bonchev–Trinajstić information content (AvgIpc) is 3.01. The second kappa shape index (κ2) is 7.69. The van der Waals surface area contributed by atoms with Gasteiger partial charge in [-0.1, -0.05) is 0 Å². The van der Waals surface area contributed by atoms with Gasteiger partial charge in [-0.05, 0) is 60.8 Å². The first-order valence-corrected chi connectivity index (χ1v) is 9.89. The van der Waals surface area contributed by atoms with Crippen LogP contribution < -0.4 is 15.3 Å². The van der Waals surface area contributed by atoms with Gasteiger partial charge in [-0.2, -0.15) is 0 Å². The van der Waals surface area contributed by atoms with Crippen LogP contribution in [0.25, 0.3) is 17.8 Å². The van der Waals surface area contributed by atoms with E-state index in [1.807, 2.05) is 0 Å². The van der Waals surface area contributed by atoms with Crippen molar-refractivity contribution in [1.29, 1.82) is 0 Å². The van der Waals surface area contributed by atoms with E-state index in [9.17, 15) is 14.7 Å². The molecule has 4 rings (SSSR count). The number of methoxy groups -OCH3 is 1. The molecule has 2 heterocycles. The molecule has 1 aromatic heterocycles. The lowest BCUT2D eigenvalue weighted by molar-refractivity contribution is -0.114. The van der Waals surface area contributed by atoms with Crippen LogP contribution >= 0.6 is 23.6 Å². The van der Waals surface area contributed by atoms with Gasteiger partial charge in [0.25, 0.3) is 5.91 Å². The number of aromatic carboxylic acids is 1. The fourth-order valence-corrected chi connectivity index (χ4v) is 4.27. The highest BCUT2D eigenvalue weighted by Crippen LogP contribution is 2.32. The number of amides is 1. The molecule has 0 saturated carbocycles. The van der Waals surface area contributed by atoms with E-state index >= 15 is 0 Å². The summed E-state index contributed by atoms with van der Waals surface area (Å²) in [6, 6.07) is 11.2. The summed E-state index contributed by atoms with van der Waals surface area (Å²) in [7, 11) is 1.54. The Balaban J connectivity index is 1.77. The van der Waals surface area contributed by atoms with Crippen molar-refractivity contribution in [1.82, 2.24) is 4.57 Å². The Bertz CT molecular complexity index is 1400. The second-order valence-corrected chi connectivity index (χ2v) is 8.00. The molecule has 0 atom stereocenters. The Morgan fingerprint density at radius 3 is 2.63 bits per heavy atom. The highest BCUT2D eigenvalue weighted by molar-refractivity contribution is 7.73. The van der Waals surface area contributed by atoms with Crippen molar-refractivity contribution < 1.29 is 24.5 Å². The predicted octanol–water partition coefficient (Wildman–Crippen LogP) is 2.70. The molecule has 0 saturated heterocycles. The van der Waals surface area contributed by atoms with Gasteiger partial charge in [-0.25, -0.2) is 9.79 Å². The van der Waals surface area contributed by atoms with Crippen molar-refractivity contribution in [2.45, 2.75) is 0 Å². The van der Waals surface area contributed by atoms with Gasteiger partial charge < -0.3 is 14.9 Å². The van der Waals surface area contributed by atoms with Crippen molar-refractivity contribution in [3.05, 3.63) is 73.0 Å². The predicted molar refractivity (Wildman–Crippen MR) is 114 cm³/mol. The molecule has 7 nitrogen and oxygen atoms in total. The molecule has 30 heavy (non-hydrogen) atoms. The molecule has 0 fully saturated rings. The Kier molecular flexibility index (Phi) is 5.06. The number of carbonyl (C=O) groups excluding carboxylic acids is 1. The van der Waals surface area contributed by atoms with E-state index in [-0.39, 0.29) is 11.4 Å². The van der Waals surface area contributed by atoms with Gasteiger partial charge in [0.1, 0.15) is 5.75 Å². The summed E-state index contributed by atoms with van der Waals surface area (Å²) in [6.45, 7) is 0. The smallest absolute Gasteiger partial charge is 0.335 e. The molecule has 1 aliphatic rings. The number of nitrogens with zero attached hydrogens (tertiary/aromatic N) is 2. The quantitative estimate of drug-likeness (QED) is 0.480. The van der Waals surface area contributed by atoms with E-state index in [0.29, 0.717) is 31.2 Å². The maximum absolute atomic E-state index is 12.5. The number of fused-ring (bicyclic) bond motifs is 1. The minimum absolute atomic E-state index is 0.127. The van der Waals surface area contributed by atoms with Crippen LogP contribution in [0.3, 0.4) is 0 Å². The molecule has 1 aliphatic heterocycles. The molecule has 150 valence electrons. The lowest BCUT2D eigenvalue weighted by Crippen LogP contribution is -2.30. The molecular weight excluding hydrogens is 424 g/mol. The highest BCUT2D eigenvalue weighted by Gasteiger charge is 2.16. The molecular formula is C21H14N2O5S2. The topological polar surface area (TPSA) is 101 Å². The Labute approximate surface area is 179 Å². The number of benzene rings is 2. The summed E-state index contributed by atoms with van der Waals surface area (Å²) < 4.78 is 6.93. The summed E-state index contributed by atoms with van der Waals surface area (Å²) in [5.41, 5.74) is 0.957. The normalized spacial score (nSPS) is 14.0. The molecule has 3 aromatic rings. The van der Waals surface area contributed by atoms with Crippen LogP contribution in [0.1, 0.15) is 15.2 Å². The van der Waals surface area contributed by atoms with Crippen LogP contribution in [0.4, 0.5) is 0 Å². The zero-order valence-corrected chi connectivity index (χ0v) is 17.2. The average molecular weight is 438 g/mol. The number of carboxylic acid groups (broad SMARTS) is 1. The van der Waals surface area contributed by atoms with Crippen LogP contribution in [0, 0.1) is 3.95 Å². The Morgan fingerprint density at radius 2 is 1.97 bits per heavy atom. The van der Waals surface area contributed by atoms with Crippen molar-refractivity contribution >= 4 is 47.6 Å². The summed E-state index contributed by atoms with van der Waals surface area (Å²) in [4.78, 5) is 28.0. The van der Waals surface area contributed by atoms with Gasteiger partial charge in [-0.15, -0.1) is 11.3 Å². The van der Waals surface area contributed by atoms with Gasteiger partial charge in [0.05, 0.1) is 28.6 Å². The van der Waals surface area contributed by atoms with Crippen molar-refractivity contribution in [2.75, 3.05) is 7.11 Å². The number of aromatic nitrogens is 1. The number of ether oxygens (including phenoxy) is 1. The van der Waals surface area contributed by atoms with E-state index in [2.05, 4.69) is 4.99 Å². The molecule has 9 heteroatoms. The lowest BCUT2D eigenvalue weighted by Gasteiger charge is -2.06. The van der Waals surface area contributed by atoms with Crippen LogP contribution in [0.5, 0.6) is 11.6 Å². The summed E-state index contributed by atoms with van der Waals surface area (Å²) >= 11 is 6.49. The van der Waals surface area contributed by atoms with E-state index in [1.54, 1.807) is 36.4 Å². The Hall–Kier alpha value is -3.56. The number of carbonyl (C=O) groups is 2. The number of hydrogen-bond acceptors (Lipinski definition) is 6. The second-order valence-electron chi connectivity index (χ2n) is 6.33. The lowest BCUT2D eigenvalue weighted by atomic mass is 10.1. The number of aromatic hydroxyl groups is 1. The summed E-state index contributed by atoms with van der Waals surface area (Å²) in [6.07, 6.45) is 3.23. The fourth-order valence-electron chi connectivity index (χ4n) is 2.97. The van der Waals surface area contributed by atoms with E-state index in [1.165, 1.54) is 29.9 Å². The first kappa shape index (κ1) is 19.7. The molecule has 2 aromatic carbocycles. The first-order chi connectivity index (χ1) is 14.4. The van der Waals surface area contributed by atoms with Gasteiger partial charge in [-0.3, -0.25) is 9.36 Å². The van der Waals surface area contributed by atoms with Crippen LogP contribution in [-0.2, 0) is 4.79 Å². The van der Waals surface area contributed by atoms with Crippen LogP contribution in [0.15, 0.2) is 53.0 Å². The van der Waals surface area contributed by atoms with Crippen molar-refractivity contribution in [2.24, 2.45) is 4.99 Å². The maximum atomic E-state index is 12.5. The standard InChI is InChI=1S/C21H14N2O5S2/c1-28-15-7-4-12-8-13(18(24)22-16(12)10-15)9-17-19(25)23(21(29)30-17)14-5-2-11(3-6-14)20(26)27/h2-10,25H,1H3,(H,26,27)/b13-9+. The number of rotatable bonds is 4. The third-order valence-electron chi connectivity index (χ3n) is 4.49. The summed E-state index contributed by atoms with van der Waals surface area (Å²) in [5.74, 6) is -1.01. The fraction of sp³-hybridized carbons (Fsp3) is 0.0476. The summed E-state index contributed by atoms with van der Waals surface area (Å²) in [5, 5.41) is 21.0. The number of carboxylic acids is 1. The van der Waals surface area contributed by atoms with Gasteiger partial charge in [0.2, 0.25) is 5.88 Å². The molecule has 2 N–H and O–H groups in total. The van der Waals surface area contributed by atoms with E-state index < -0.39 is 11.9 Å². The molecule has 0 bridgehead atoms. The van der Waals surface area contributed by atoms with Crippen molar-refractivity contribution in [3.63, 3.8) is 0 Å². The number of thiazole rings is 1. The third-order valence-corrected chi connectivity index (χ3v) is 5.80. The highest BCUT2D eigenvalue weighted by atomic mass is 32.1. The van der Waals surface area contributed by atoms with Gasteiger partial charge in [0, 0.05) is 16.9 Å². The van der Waals surface area contributed by atoms with Crippen LogP contribution in [0.2, 0.25) is 0 Å². The first-order valence-electron chi connectivity index (χ1n) is 8.66. The minimum atomic E-state index is -1.04. The Morgan fingerprint density at radius 1 is 1.23 bits per heavy atom. The van der Waals surface area contributed by atoms with Crippen molar-refractivity contribution in [3.8, 4) is 17.3 Å². The van der Waals surface area contributed by atoms with E-state index in [0.717, 1.165) is 16.6 Å². The molecule has 0 radical (unpaired) electrons. The zero-order valence-electron chi connectivity index (χ0n) is 15.5. The molecule has 1 amide bonds. The molecule has 0 spiro atoms. The maximum Gasteiger partial charge on any atom is 0.335 e. The largest absolute Gasteiger partial charge is 0.497 e. The van der Waals surface area contributed by atoms with Gasteiger partial charge in [0.15, 0.2) is 3.95 Å². The molecule has 0 aliphatic carbocycles. The monoisotopic (exact) mass is 438 g/mol. The molecule has 0 unspecified atom stereocenters. The minimum Gasteiger partial charge on any atom is -0.497 e. The zero-order chi connectivity index (χ0) is 21.4. The SMILES string of the molecule is COc1ccc2c(c1)=NC(=O)/C(=C/c1sc(=S)n(-c3ccc(C(=O)O)cc3)c1O)C=2. The van der Waals surface area contributed by atoms with Gasteiger partial charge >= 0.3 is 5.97 Å². The number of hydrogen-bond donors (Lipinski definition) is 2. The third kappa shape index (κ3) is 3.56. The van der Waals surface area contributed by atoms with E-state index in [4.69, 9.17) is 22.1 Å².